The smallest absolute Gasteiger partial charge is 0.231 e. The lowest BCUT2D eigenvalue weighted by Gasteiger charge is -2.05. The Morgan fingerprint density at radius 2 is 1.54 bits per heavy atom. The molecule has 3 nitrogen and oxygen atoms in total. The summed E-state index contributed by atoms with van der Waals surface area (Å²) in [4.78, 5) is 17.5. The summed E-state index contributed by atoms with van der Waals surface area (Å²) in [5, 5.41) is 1.47. The highest BCUT2D eigenvalue weighted by atomic mass is 35.5. The van der Waals surface area contributed by atoms with Gasteiger partial charge < -0.3 is 4.42 Å². The van der Waals surface area contributed by atoms with Crippen molar-refractivity contribution in [3.8, 4) is 0 Å². The Morgan fingerprint density at radius 1 is 0.846 bits per heavy atom. The summed E-state index contributed by atoms with van der Waals surface area (Å²) in [5.41, 5.74) is 2.62. The minimum Gasteiger partial charge on any atom is -0.438 e. The zero-order chi connectivity index (χ0) is 17.9. The Labute approximate surface area is 155 Å². The van der Waals surface area contributed by atoms with Gasteiger partial charge in [0.05, 0.1) is 11.3 Å². The van der Waals surface area contributed by atoms with Gasteiger partial charge in [-0.3, -0.25) is 4.79 Å². The maximum absolute atomic E-state index is 13.0. The van der Waals surface area contributed by atoms with E-state index in [2.05, 4.69) is 4.99 Å². The van der Waals surface area contributed by atoms with Gasteiger partial charge in [0, 0.05) is 16.0 Å². The van der Waals surface area contributed by atoms with Gasteiger partial charge >= 0.3 is 0 Å². The molecule has 0 fully saturated rings. The van der Waals surface area contributed by atoms with Crippen LogP contribution in [0.3, 0.4) is 0 Å². The minimum absolute atomic E-state index is 0.132. The second-order valence-corrected chi connectivity index (χ2v) is 6.22. The van der Waals surface area contributed by atoms with Crippen molar-refractivity contribution in [1.82, 2.24) is 0 Å². The third kappa shape index (κ3) is 3.30. The van der Waals surface area contributed by atoms with Crippen LogP contribution in [0.25, 0.3) is 11.0 Å². The zero-order valence-corrected chi connectivity index (χ0v) is 14.5. The minimum atomic E-state index is -0.132. The first-order valence-electron chi connectivity index (χ1n) is 8.14. The molecule has 0 saturated heterocycles. The molecule has 0 atom stereocenters. The molecule has 0 amide bonds. The van der Waals surface area contributed by atoms with Crippen LogP contribution >= 0.6 is 11.6 Å². The van der Waals surface area contributed by atoms with Crippen LogP contribution in [0.4, 0.5) is 5.69 Å². The van der Waals surface area contributed by atoms with Crippen molar-refractivity contribution in [1.29, 1.82) is 0 Å². The molecule has 26 heavy (non-hydrogen) atoms. The zero-order valence-electron chi connectivity index (χ0n) is 13.7. The van der Waals surface area contributed by atoms with E-state index in [1.54, 1.807) is 36.4 Å². The lowest BCUT2D eigenvalue weighted by atomic mass is 10.0. The van der Waals surface area contributed by atoms with Gasteiger partial charge in [-0.1, -0.05) is 60.1 Å². The van der Waals surface area contributed by atoms with Gasteiger partial charge in [-0.15, -0.1) is 0 Å². The fraction of sp³-hybridized carbons (Fsp3) is 0. The highest BCUT2D eigenvalue weighted by molar-refractivity contribution is 6.30. The molecular formula is C22H14ClNO2. The summed E-state index contributed by atoms with van der Waals surface area (Å²) in [7, 11) is 0. The Bertz CT molecular complexity index is 1150. The van der Waals surface area contributed by atoms with Crippen LogP contribution in [0.5, 0.6) is 0 Å². The molecule has 4 heteroatoms. The molecule has 1 heterocycles. The molecule has 1 aromatic heterocycles. The van der Waals surface area contributed by atoms with Crippen LogP contribution in [0.1, 0.15) is 15.9 Å². The van der Waals surface area contributed by atoms with E-state index in [0.717, 1.165) is 5.39 Å². The molecule has 4 aromatic rings. The third-order valence-corrected chi connectivity index (χ3v) is 4.25. The van der Waals surface area contributed by atoms with Gasteiger partial charge in [0.15, 0.2) is 5.78 Å². The van der Waals surface area contributed by atoms with Gasteiger partial charge in [0.25, 0.3) is 0 Å². The maximum Gasteiger partial charge on any atom is 0.231 e. The Balaban J connectivity index is 1.95. The third-order valence-electron chi connectivity index (χ3n) is 3.99. The van der Waals surface area contributed by atoms with Crippen molar-refractivity contribution >= 4 is 34.0 Å². The largest absolute Gasteiger partial charge is 0.438 e. The predicted molar refractivity (Wildman–Crippen MR) is 103 cm³/mol. The van der Waals surface area contributed by atoms with E-state index in [1.807, 2.05) is 48.5 Å². The van der Waals surface area contributed by atoms with E-state index in [-0.39, 0.29) is 11.3 Å². The van der Waals surface area contributed by atoms with E-state index < -0.39 is 0 Å². The molecule has 0 radical (unpaired) electrons. The number of benzene rings is 3. The number of halogens is 1. The number of para-hydroxylation sites is 1. The summed E-state index contributed by atoms with van der Waals surface area (Å²) in [6.45, 7) is 0. The lowest BCUT2D eigenvalue weighted by molar-refractivity contribution is 0.103. The number of ketones is 1. The fourth-order valence-electron chi connectivity index (χ4n) is 2.69. The van der Waals surface area contributed by atoms with E-state index in [1.165, 1.54) is 0 Å². The van der Waals surface area contributed by atoms with Crippen LogP contribution in [-0.2, 0) is 0 Å². The second kappa shape index (κ2) is 6.98. The molecule has 126 valence electrons. The number of hydrogen-bond acceptors (Lipinski definition) is 3. The average Bonchev–Trinajstić information content (AvgIpc) is 2.69. The van der Waals surface area contributed by atoms with Crippen molar-refractivity contribution in [2.75, 3.05) is 0 Å². The molecule has 0 saturated carbocycles. The number of carbonyl (C=O) groups is 1. The standard InChI is InChI=1S/C22H14ClNO2/c23-17-10-12-18(13-11-17)24-22-19(21(25)15-6-2-1-3-7-15)14-16-8-4-5-9-20(16)26-22/h1-14H. The van der Waals surface area contributed by atoms with Gasteiger partial charge in [0.2, 0.25) is 5.55 Å². The van der Waals surface area contributed by atoms with Crippen molar-refractivity contribution in [3.05, 3.63) is 107 Å². The normalized spacial score (nSPS) is 11.7. The Hall–Kier alpha value is -3.17. The molecule has 0 bridgehead atoms. The fourth-order valence-corrected chi connectivity index (χ4v) is 2.82. The number of nitrogens with zero attached hydrogens (tertiary/aromatic N) is 1. The molecular weight excluding hydrogens is 346 g/mol. The second-order valence-electron chi connectivity index (χ2n) is 5.79. The van der Waals surface area contributed by atoms with Crippen LogP contribution in [0, 0.1) is 0 Å². The van der Waals surface area contributed by atoms with Crippen molar-refractivity contribution < 1.29 is 9.21 Å². The summed E-state index contributed by atoms with van der Waals surface area (Å²) >= 11 is 5.94. The monoisotopic (exact) mass is 359 g/mol. The molecule has 3 aromatic carbocycles. The summed E-state index contributed by atoms with van der Waals surface area (Å²) in [6, 6.07) is 25.5. The first kappa shape index (κ1) is 16.3. The molecule has 4 rings (SSSR count). The molecule has 0 aliphatic carbocycles. The molecule has 0 aliphatic heterocycles. The SMILES string of the molecule is O=C(c1ccccc1)c1cc2ccccc2oc1=Nc1ccc(Cl)cc1. The van der Waals surface area contributed by atoms with Gasteiger partial charge in [0.1, 0.15) is 5.58 Å². The van der Waals surface area contributed by atoms with E-state index in [0.29, 0.717) is 27.4 Å². The van der Waals surface area contributed by atoms with Crippen LogP contribution < -0.4 is 5.55 Å². The highest BCUT2D eigenvalue weighted by Crippen LogP contribution is 2.18. The number of rotatable bonds is 3. The van der Waals surface area contributed by atoms with E-state index >= 15 is 0 Å². The van der Waals surface area contributed by atoms with E-state index in [4.69, 9.17) is 16.0 Å². The van der Waals surface area contributed by atoms with Crippen LogP contribution in [-0.4, -0.2) is 5.78 Å². The summed E-state index contributed by atoms with van der Waals surface area (Å²) in [6.07, 6.45) is 0. The first-order chi connectivity index (χ1) is 12.7. The van der Waals surface area contributed by atoms with Crippen molar-refractivity contribution in [3.63, 3.8) is 0 Å². The lowest BCUT2D eigenvalue weighted by Crippen LogP contribution is -2.16. The van der Waals surface area contributed by atoms with Gasteiger partial charge in [-0.2, -0.15) is 0 Å². The number of hydrogen-bond donors (Lipinski definition) is 0. The summed E-state index contributed by atoms with van der Waals surface area (Å²) in [5.74, 6) is -0.132. The van der Waals surface area contributed by atoms with Crippen molar-refractivity contribution in [2.24, 2.45) is 4.99 Å². The maximum atomic E-state index is 13.0. The topological polar surface area (TPSA) is 42.6 Å². The van der Waals surface area contributed by atoms with E-state index in [9.17, 15) is 4.79 Å². The van der Waals surface area contributed by atoms with Crippen LogP contribution in [0.15, 0.2) is 94.3 Å². The number of carbonyl (C=O) groups excluding carboxylic acids is 1. The van der Waals surface area contributed by atoms with Crippen LogP contribution in [0.2, 0.25) is 5.02 Å². The molecule has 0 spiro atoms. The quantitative estimate of drug-likeness (QED) is 0.450. The molecule has 0 unspecified atom stereocenters. The van der Waals surface area contributed by atoms with Gasteiger partial charge in [-0.05, 0) is 36.4 Å². The molecule has 0 N–H and O–H groups in total. The Kier molecular flexibility index (Phi) is 4.38. The first-order valence-corrected chi connectivity index (χ1v) is 8.51. The molecule has 0 aliphatic rings. The van der Waals surface area contributed by atoms with Crippen molar-refractivity contribution in [2.45, 2.75) is 0 Å². The van der Waals surface area contributed by atoms with Gasteiger partial charge in [-0.25, -0.2) is 4.99 Å². The Morgan fingerprint density at radius 3 is 2.31 bits per heavy atom. The predicted octanol–water partition coefficient (Wildman–Crippen LogP) is 5.55. The average molecular weight is 360 g/mol. The summed E-state index contributed by atoms with van der Waals surface area (Å²) < 4.78 is 5.95. The highest BCUT2D eigenvalue weighted by Gasteiger charge is 2.14. The number of fused-ring (bicyclic) bond motifs is 1.